The van der Waals surface area contributed by atoms with Gasteiger partial charge in [0.05, 0.1) is 0 Å². The smallest absolute Gasteiger partial charge is 0.303 e. The molecule has 1 aliphatic rings. The summed E-state index contributed by atoms with van der Waals surface area (Å²) in [6.45, 7) is 8.29. The zero-order valence-corrected chi connectivity index (χ0v) is 19.1. The van der Waals surface area contributed by atoms with E-state index in [2.05, 4.69) is 11.9 Å². The average molecular weight is 463 g/mol. The third kappa shape index (κ3) is 7.60. The van der Waals surface area contributed by atoms with Crippen molar-refractivity contribution in [3.8, 4) is 5.75 Å². The first-order valence-electron chi connectivity index (χ1n) is 10.4. The maximum Gasteiger partial charge on any atom is 0.303 e. The molecule has 10 nitrogen and oxygen atoms in total. The van der Waals surface area contributed by atoms with Gasteiger partial charge in [0.15, 0.2) is 12.2 Å². The summed E-state index contributed by atoms with van der Waals surface area (Å²) in [4.78, 5) is 47.1. The Kier molecular flexibility index (Phi) is 9.41. The van der Waals surface area contributed by atoms with Crippen molar-refractivity contribution in [3.05, 3.63) is 42.5 Å². The number of hydrogen-bond acceptors (Lipinski definition) is 9. The van der Waals surface area contributed by atoms with E-state index in [1.807, 2.05) is 12.1 Å². The van der Waals surface area contributed by atoms with Gasteiger partial charge in [0, 0.05) is 27.7 Å². The minimum absolute atomic E-state index is 0.300. The van der Waals surface area contributed by atoms with Crippen LogP contribution in [0.4, 0.5) is 0 Å². The molecule has 1 N–H and O–H groups in total. The summed E-state index contributed by atoms with van der Waals surface area (Å²) in [5.74, 6) is -1.93. The summed E-state index contributed by atoms with van der Waals surface area (Å²) in [5.41, 5.74) is 0.806. The molecule has 1 saturated heterocycles. The molecule has 0 bridgehead atoms. The Balaban J connectivity index is 2.49. The number of hydrogen-bond donors (Lipinski definition) is 1. The third-order valence-corrected chi connectivity index (χ3v) is 4.65. The highest BCUT2D eigenvalue weighted by atomic mass is 16.7. The predicted molar refractivity (Wildman–Crippen MR) is 115 cm³/mol. The highest BCUT2D eigenvalue weighted by molar-refractivity contribution is 5.73. The molecule has 1 aromatic rings. The summed E-state index contributed by atoms with van der Waals surface area (Å²) in [6.07, 6.45) is -2.35. The summed E-state index contributed by atoms with van der Waals surface area (Å²) in [7, 11) is 0. The largest absolute Gasteiger partial charge is 0.463 e. The first kappa shape index (κ1) is 25.9. The summed E-state index contributed by atoms with van der Waals surface area (Å²) < 4.78 is 28.0. The van der Waals surface area contributed by atoms with E-state index in [0.29, 0.717) is 12.2 Å². The van der Waals surface area contributed by atoms with Gasteiger partial charge in [-0.3, -0.25) is 19.2 Å². The lowest BCUT2D eigenvalue weighted by molar-refractivity contribution is -0.257. The van der Waals surface area contributed by atoms with Gasteiger partial charge in [-0.1, -0.05) is 24.3 Å². The quantitative estimate of drug-likeness (QED) is 0.329. The molecule has 1 heterocycles. The predicted octanol–water partition coefficient (Wildman–Crippen LogP) is 1.45. The highest BCUT2D eigenvalue weighted by Gasteiger charge is 2.52. The third-order valence-electron chi connectivity index (χ3n) is 4.65. The van der Waals surface area contributed by atoms with Gasteiger partial charge < -0.3 is 29.0 Å². The highest BCUT2D eigenvalue weighted by Crippen LogP contribution is 2.30. The van der Waals surface area contributed by atoms with Crippen molar-refractivity contribution in [1.29, 1.82) is 0 Å². The van der Waals surface area contributed by atoms with Gasteiger partial charge >= 0.3 is 17.9 Å². The van der Waals surface area contributed by atoms with Crippen molar-refractivity contribution in [1.82, 2.24) is 5.32 Å². The standard InChI is InChI=1S/C23H29NO9/c1-6-9-17-10-7-8-11-18(17)32-23-20(24-13(2)25)22(31-16(5)28)21(30-15(4)27)19(33-23)12-29-14(3)26/h6-8,10-11,19-23H,1,9,12H2,2-5H3,(H,24,25)/t19-,20+,21+,22-,23-/m0/s1. The maximum atomic E-state index is 12.0. The fourth-order valence-corrected chi connectivity index (χ4v) is 3.46. The second-order valence-electron chi connectivity index (χ2n) is 7.44. The van der Waals surface area contributed by atoms with Crippen molar-refractivity contribution >= 4 is 23.8 Å². The Labute approximate surface area is 192 Å². The summed E-state index contributed by atoms with van der Waals surface area (Å²) in [5, 5.41) is 2.66. The summed E-state index contributed by atoms with van der Waals surface area (Å²) >= 11 is 0. The van der Waals surface area contributed by atoms with Gasteiger partial charge in [0.1, 0.15) is 24.5 Å². The number of amides is 1. The van der Waals surface area contributed by atoms with Crippen LogP contribution in [0.2, 0.25) is 0 Å². The average Bonchev–Trinajstić information content (AvgIpc) is 2.71. The van der Waals surface area contributed by atoms with Crippen LogP contribution in [-0.2, 0) is 44.5 Å². The van der Waals surface area contributed by atoms with E-state index in [1.165, 1.54) is 27.7 Å². The summed E-state index contributed by atoms with van der Waals surface area (Å²) in [6, 6.07) is 6.11. The number of para-hydroxylation sites is 1. The number of benzene rings is 1. The molecule has 2 rings (SSSR count). The van der Waals surface area contributed by atoms with Crippen LogP contribution in [0.3, 0.4) is 0 Å². The van der Waals surface area contributed by atoms with E-state index >= 15 is 0 Å². The van der Waals surface area contributed by atoms with Crippen LogP contribution >= 0.6 is 0 Å². The molecule has 0 aromatic heterocycles. The van der Waals surface area contributed by atoms with E-state index in [4.69, 9.17) is 23.7 Å². The molecule has 0 saturated carbocycles. The van der Waals surface area contributed by atoms with Gasteiger partial charge in [-0.25, -0.2) is 0 Å². The van der Waals surface area contributed by atoms with Crippen LogP contribution in [0.1, 0.15) is 33.3 Å². The Morgan fingerprint density at radius 3 is 2.21 bits per heavy atom. The lowest BCUT2D eigenvalue weighted by Gasteiger charge is -2.44. The minimum atomic E-state index is -1.18. The molecule has 0 spiro atoms. The van der Waals surface area contributed by atoms with Gasteiger partial charge in [-0.15, -0.1) is 6.58 Å². The van der Waals surface area contributed by atoms with Crippen LogP contribution in [0.25, 0.3) is 0 Å². The normalized spacial score (nSPS) is 24.2. The number of ether oxygens (including phenoxy) is 5. The van der Waals surface area contributed by atoms with Crippen LogP contribution in [0.15, 0.2) is 36.9 Å². The molecule has 10 heteroatoms. The lowest BCUT2D eigenvalue weighted by Crippen LogP contribution is -2.67. The van der Waals surface area contributed by atoms with E-state index in [0.717, 1.165) is 5.56 Å². The monoisotopic (exact) mass is 463 g/mol. The molecule has 1 aromatic carbocycles. The molecule has 5 atom stereocenters. The van der Waals surface area contributed by atoms with Crippen molar-refractivity contribution < 1.29 is 42.9 Å². The number of nitrogens with one attached hydrogen (secondary N) is 1. The van der Waals surface area contributed by atoms with E-state index in [-0.39, 0.29) is 6.61 Å². The molecule has 1 amide bonds. The Hall–Kier alpha value is -3.40. The van der Waals surface area contributed by atoms with E-state index in [9.17, 15) is 19.2 Å². The Morgan fingerprint density at radius 1 is 1.00 bits per heavy atom. The molecule has 0 aliphatic carbocycles. The van der Waals surface area contributed by atoms with Crippen LogP contribution in [0, 0.1) is 0 Å². The zero-order chi connectivity index (χ0) is 24.5. The van der Waals surface area contributed by atoms with Crippen molar-refractivity contribution in [2.24, 2.45) is 0 Å². The number of esters is 3. The molecule has 180 valence electrons. The molecule has 33 heavy (non-hydrogen) atoms. The SMILES string of the molecule is C=CCc1ccccc1O[C@H]1O[C@@H](COC(C)=O)[C@@H](OC(C)=O)[C@@H](OC(C)=O)[C@H]1NC(C)=O. The maximum absolute atomic E-state index is 12.0. The number of rotatable bonds is 9. The van der Waals surface area contributed by atoms with E-state index in [1.54, 1.807) is 18.2 Å². The fourth-order valence-electron chi connectivity index (χ4n) is 3.46. The molecule has 0 unspecified atom stereocenters. The molecule has 0 radical (unpaired) electrons. The first-order chi connectivity index (χ1) is 15.6. The Bertz CT molecular complexity index is 884. The number of allylic oxidation sites excluding steroid dienone is 1. The molecule has 1 fully saturated rings. The van der Waals surface area contributed by atoms with Crippen molar-refractivity contribution in [3.63, 3.8) is 0 Å². The van der Waals surface area contributed by atoms with Gasteiger partial charge in [-0.2, -0.15) is 0 Å². The van der Waals surface area contributed by atoms with Crippen LogP contribution in [0.5, 0.6) is 5.75 Å². The fraction of sp³-hybridized carbons (Fsp3) is 0.478. The number of carbonyl (C=O) groups excluding carboxylic acids is 4. The topological polar surface area (TPSA) is 126 Å². The second-order valence-corrected chi connectivity index (χ2v) is 7.44. The zero-order valence-electron chi connectivity index (χ0n) is 19.1. The lowest BCUT2D eigenvalue weighted by atomic mass is 9.96. The Morgan fingerprint density at radius 2 is 1.64 bits per heavy atom. The first-order valence-corrected chi connectivity index (χ1v) is 10.4. The molecule has 1 aliphatic heterocycles. The second kappa shape index (κ2) is 12.0. The van der Waals surface area contributed by atoms with Gasteiger partial charge in [0.25, 0.3) is 0 Å². The number of carbonyl (C=O) groups is 4. The van der Waals surface area contributed by atoms with Crippen molar-refractivity contribution in [2.75, 3.05) is 6.61 Å². The van der Waals surface area contributed by atoms with Crippen molar-refractivity contribution in [2.45, 2.75) is 64.8 Å². The molecular weight excluding hydrogens is 434 g/mol. The molecular formula is C23H29NO9. The van der Waals surface area contributed by atoms with E-state index < -0.39 is 54.5 Å². The van der Waals surface area contributed by atoms with Gasteiger partial charge in [0.2, 0.25) is 12.2 Å². The minimum Gasteiger partial charge on any atom is -0.463 e. The van der Waals surface area contributed by atoms with Crippen LogP contribution in [-0.4, -0.2) is 61.1 Å². The van der Waals surface area contributed by atoms with Crippen LogP contribution < -0.4 is 10.1 Å². The van der Waals surface area contributed by atoms with Gasteiger partial charge in [-0.05, 0) is 18.1 Å².